The maximum Gasteiger partial charge on any atom is 0.259 e. The van der Waals surface area contributed by atoms with Crippen molar-refractivity contribution in [3.63, 3.8) is 0 Å². The van der Waals surface area contributed by atoms with Crippen LogP contribution in [0.25, 0.3) is 0 Å². The first-order valence-corrected chi connectivity index (χ1v) is 5.08. The second-order valence-corrected chi connectivity index (χ2v) is 3.41. The highest BCUT2D eigenvalue weighted by atomic mass is 17.1. The van der Waals surface area contributed by atoms with E-state index < -0.39 is 0 Å². The predicted octanol–water partition coefficient (Wildman–Crippen LogP) is 2.79. The third kappa shape index (κ3) is 2.62. The van der Waals surface area contributed by atoms with E-state index in [1.807, 2.05) is 18.2 Å². The van der Waals surface area contributed by atoms with Gasteiger partial charge in [-0.1, -0.05) is 30.3 Å². The van der Waals surface area contributed by atoms with Crippen LogP contribution in [0.2, 0.25) is 0 Å². The number of carbonyl (C=O) groups excluding carboxylic acids is 1. The minimum absolute atomic E-state index is 0.126. The summed E-state index contributed by atoms with van der Waals surface area (Å²) in [5, 5.41) is 11.4. The topological polar surface area (TPSA) is 58.6 Å². The standard InChI is InChI=1S/C13H11NO3/c15-13(14-10-6-2-1-3-7-10)11-8-4-5-9-12(11)17-16/h1-9,16H,(H,14,15). The number of hydrogen-bond acceptors (Lipinski definition) is 3. The maximum absolute atomic E-state index is 11.9. The summed E-state index contributed by atoms with van der Waals surface area (Å²) >= 11 is 0. The molecule has 0 saturated carbocycles. The SMILES string of the molecule is O=C(Nc1ccccc1)c1ccccc1OO. The van der Waals surface area contributed by atoms with Gasteiger partial charge in [-0.2, -0.15) is 0 Å². The van der Waals surface area contributed by atoms with Gasteiger partial charge >= 0.3 is 0 Å². The van der Waals surface area contributed by atoms with Gasteiger partial charge in [-0.15, -0.1) is 0 Å². The van der Waals surface area contributed by atoms with Gasteiger partial charge in [0, 0.05) is 5.69 Å². The molecule has 0 unspecified atom stereocenters. The molecular weight excluding hydrogens is 218 g/mol. The van der Waals surface area contributed by atoms with E-state index in [0.717, 1.165) is 0 Å². The summed E-state index contributed by atoms with van der Waals surface area (Å²) in [5.41, 5.74) is 0.962. The molecule has 0 aliphatic carbocycles. The lowest BCUT2D eigenvalue weighted by Crippen LogP contribution is -2.12. The van der Waals surface area contributed by atoms with Crippen molar-refractivity contribution in [2.45, 2.75) is 0 Å². The number of carbonyl (C=O) groups is 1. The molecule has 0 saturated heterocycles. The normalized spacial score (nSPS) is 9.71. The van der Waals surface area contributed by atoms with E-state index in [1.165, 1.54) is 6.07 Å². The van der Waals surface area contributed by atoms with Gasteiger partial charge in [0.25, 0.3) is 5.91 Å². The van der Waals surface area contributed by atoms with Gasteiger partial charge in [-0.3, -0.25) is 4.79 Å². The first-order valence-electron chi connectivity index (χ1n) is 5.08. The molecule has 2 aromatic carbocycles. The lowest BCUT2D eigenvalue weighted by Gasteiger charge is -2.07. The smallest absolute Gasteiger partial charge is 0.259 e. The first kappa shape index (κ1) is 11.2. The maximum atomic E-state index is 11.9. The van der Waals surface area contributed by atoms with E-state index in [1.54, 1.807) is 30.3 Å². The van der Waals surface area contributed by atoms with Crippen molar-refractivity contribution in [2.75, 3.05) is 5.32 Å². The van der Waals surface area contributed by atoms with Crippen molar-refractivity contribution in [2.24, 2.45) is 0 Å². The molecule has 0 spiro atoms. The summed E-state index contributed by atoms with van der Waals surface area (Å²) in [6.07, 6.45) is 0. The fraction of sp³-hybridized carbons (Fsp3) is 0. The molecule has 0 heterocycles. The molecule has 2 N–H and O–H groups in total. The number of rotatable bonds is 3. The van der Waals surface area contributed by atoms with Crippen LogP contribution >= 0.6 is 0 Å². The van der Waals surface area contributed by atoms with Crippen LogP contribution < -0.4 is 10.2 Å². The summed E-state index contributed by atoms with van der Waals surface area (Å²) < 4.78 is 0. The largest absolute Gasteiger partial charge is 0.339 e. The fourth-order valence-corrected chi connectivity index (χ4v) is 1.45. The Morgan fingerprint density at radius 2 is 1.65 bits per heavy atom. The van der Waals surface area contributed by atoms with Crippen LogP contribution in [0.3, 0.4) is 0 Å². The predicted molar refractivity (Wildman–Crippen MR) is 64.1 cm³/mol. The Hall–Kier alpha value is -2.33. The molecule has 0 radical (unpaired) electrons. The number of anilines is 1. The summed E-state index contributed by atoms with van der Waals surface area (Å²) in [5.74, 6) is -0.207. The van der Waals surface area contributed by atoms with E-state index in [9.17, 15) is 4.79 Å². The van der Waals surface area contributed by atoms with E-state index in [0.29, 0.717) is 5.69 Å². The molecule has 0 aliphatic rings. The molecule has 2 aromatic rings. The summed E-state index contributed by atoms with van der Waals surface area (Å²) in [4.78, 5) is 16.0. The average molecular weight is 229 g/mol. The molecule has 0 aromatic heterocycles. The molecule has 86 valence electrons. The minimum Gasteiger partial charge on any atom is -0.339 e. The minimum atomic E-state index is -0.333. The summed E-state index contributed by atoms with van der Waals surface area (Å²) in [6.45, 7) is 0. The number of nitrogens with one attached hydrogen (secondary N) is 1. The van der Waals surface area contributed by atoms with Crippen LogP contribution in [-0.4, -0.2) is 11.2 Å². The van der Waals surface area contributed by atoms with Gasteiger partial charge in [0.2, 0.25) is 0 Å². The van der Waals surface area contributed by atoms with Crippen LogP contribution in [-0.2, 0) is 0 Å². The van der Waals surface area contributed by atoms with Crippen molar-refractivity contribution in [3.05, 3.63) is 60.2 Å². The Labute approximate surface area is 98.4 Å². The zero-order chi connectivity index (χ0) is 12.1. The van der Waals surface area contributed by atoms with Crippen molar-refractivity contribution >= 4 is 11.6 Å². The fourth-order valence-electron chi connectivity index (χ4n) is 1.45. The number of benzene rings is 2. The Morgan fingerprint density at radius 1 is 1.00 bits per heavy atom. The molecule has 4 heteroatoms. The van der Waals surface area contributed by atoms with Crippen molar-refractivity contribution in [3.8, 4) is 5.75 Å². The third-order valence-corrected chi connectivity index (χ3v) is 2.26. The monoisotopic (exact) mass is 229 g/mol. The van der Waals surface area contributed by atoms with Gasteiger partial charge in [-0.25, -0.2) is 5.26 Å². The van der Waals surface area contributed by atoms with Gasteiger partial charge in [0.05, 0.1) is 5.56 Å². The van der Waals surface area contributed by atoms with Crippen LogP contribution in [0.5, 0.6) is 5.75 Å². The number of para-hydroxylation sites is 2. The number of amides is 1. The van der Waals surface area contributed by atoms with Gasteiger partial charge in [0.1, 0.15) is 0 Å². The van der Waals surface area contributed by atoms with Crippen LogP contribution in [0.4, 0.5) is 5.69 Å². The second-order valence-electron chi connectivity index (χ2n) is 3.41. The highest BCUT2D eigenvalue weighted by molar-refractivity contribution is 6.06. The number of hydrogen-bond donors (Lipinski definition) is 2. The van der Waals surface area contributed by atoms with Gasteiger partial charge < -0.3 is 10.2 Å². The quantitative estimate of drug-likeness (QED) is 0.628. The van der Waals surface area contributed by atoms with E-state index >= 15 is 0 Å². The molecule has 4 nitrogen and oxygen atoms in total. The summed E-state index contributed by atoms with van der Waals surface area (Å²) in [7, 11) is 0. The Morgan fingerprint density at radius 3 is 2.35 bits per heavy atom. The van der Waals surface area contributed by atoms with Crippen LogP contribution in [0.15, 0.2) is 54.6 Å². The summed E-state index contributed by atoms with van der Waals surface area (Å²) in [6, 6.07) is 15.5. The van der Waals surface area contributed by atoms with Crippen molar-refractivity contribution < 1.29 is 14.9 Å². The van der Waals surface area contributed by atoms with Crippen LogP contribution in [0, 0.1) is 0 Å². The molecule has 0 atom stereocenters. The van der Waals surface area contributed by atoms with Crippen molar-refractivity contribution in [1.29, 1.82) is 0 Å². The van der Waals surface area contributed by atoms with E-state index in [-0.39, 0.29) is 17.2 Å². The Balaban J connectivity index is 2.20. The molecule has 2 rings (SSSR count). The molecular formula is C13H11NO3. The molecule has 0 fully saturated rings. The first-order chi connectivity index (χ1) is 8.31. The van der Waals surface area contributed by atoms with E-state index in [2.05, 4.69) is 10.2 Å². The Kier molecular flexibility index (Phi) is 3.37. The highest BCUT2D eigenvalue weighted by Crippen LogP contribution is 2.18. The lowest BCUT2D eigenvalue weighted by molar-refractivity contribution is -0.137. The van der Waals surface area contributed by atoms with Gasteiger partial charge in [-0.05, 0) is 24.3 Å². The van der Waals surface area contributed by atoms with Crippen LogP contribution in [0.1, 0.15) is 10.4 Å². The highest BCUT2D eigenvalue weighted by Gasteiger charge is 2.12. The molecule has 0 bridgehead atoms. The van der Waals surface area contributed by atoms with Crippen molar-refractivity contribution in [1.82, 2.24) is 0 Å². The Bertz CT molecular complexity index is 511. The zero-order valence-electron chi connectivity index (χ0n) is 8.96. The van der Waals surface area contributed by atoms with Gasteiger partial charge in [0.15, 0.2) is 5.75 Å². The average Bonchev–Trinajstić information content (AvgIpc) is 2.40. The van der Waals surface area contributed by atoms with E-state index in [4.69, 9.17) is 5.26 Å². The third-order valence-electron chi connectivity index (χ3n) is 2.26. The lowest BCUT2D eigenvalue weighted by atomic mass is 10.2. The molecule has 1 amide bonds. The zero-order valence-corrected chi connectivity index (χ0v) is 8.96. The molecule has 0 aliphatic heterocycles. The second kappa shape index (κ2) is 5.14. The molecule has 17 heavy (non-hydrogen) atoms.